The molecule has 1 N–H and O–H groups in total. The summed E-state index contributed by atoms with van der Waals surface area (Å²) in [5, 5.41) is 8.81. The minimum absolute atomic E-state index is 0.366. The molecule has 1 aliphatic rings. The summed E-state index contributed by atoms with van der Waals surface area (Å²) in [7, 11) is 0. The molecule has 3 nitrogen and oxygen atoms in total. The smallest absolute Gasteiger partial charge is 0.311 e. The number of carboxylic acid groups (broad SMARTS) is 1. The highest BCUT2D eigenvalue weighted by Gasteiger charge is 2.31. The Morgan fingerprint density at radius 2 is 2.50 bits per heavy atom. The van der Waals surface area contributed by atoms with Gasteiger partial charge in [-0.25, -0.2) is 0 Å². The molecule has 12 heavy (non-hydrogen) atoms. The minimum atomic E-state index is -0.762. The van der Waals surface area contributed by atoms with Crippen molar-refractivity contribution < 1.29 is 14.3 Å². The standard InChI is InChI=1S/C8H7BrO3/c9-7-3-5-4(8(10)11)1-2-6(5)12-7/h3-4H,1-2H2,(H,10,11). The molecule has 0 bridgehead atoms. The maximum Gasteiger partial charge on any atom is 0.311 e. The van der Waals surface area contributed by atoms with E-state index in [1.54, 1.807) is 6.07 Å². The molecular weight excluding hydrogens is 224 g/mol. The van der Waals surface area contributed by atoms with E-state index in [0.29, 0.717) is 11.1 Å². The molecule has 0 amide bonds. The van der Waals surface area contributed by atoms with Gasteiger partial charge in [-0.2, -0.15) is 0 Å². The molecule has 2 rings (SSSR count). The maximum atomic E-state index is 10.7. The first-order chi connectivity index (χ1) is 5.68. The molecule has 1 aromatic rings. The van der Waals surface area contributed by atoms with Gasteiger partial charge in [0.15, 0.2) is 4.67 Å². The first kappa shape index (κ1) is 7.86. The zero-order valence-corrected chi connectivity index (χ0v) is 7.80. The number of aliphatic carboxylic acids is 1. The lowest BCUT2D eigenvalue weighted by atomic mass is 10.1. The number of hydrogen-bond donors (Lipinski definition) is 1. The highest BCUT2D eigenvalue weighted by molar-refractivity contribution is 9.10. The number of hydrogen-bond acceptors (Lipinski definition) is 2. The summed E-state index contributed by atoms with van der Waals surface area (Å²) in [5.41, 5.74) is 0.828. The fourth-order valence-corrected chi connectivity index (χ4v) is 2.03. The summed E-state index contributed by atoms with van der Waals surface area (Å²) < 4.78 is 5.88. The molecular formula is C8H7BrO3. The van der Waals surface area contributed by atoms with Crippen molar-refractivity contribution in [3.63, 3.8) is 0 Å². The molecule has 0 aromatic carbocycles. The highest BCUT2D eigenvalue weighted by Crippen LogP contribution is 2.36. The Morgan fingerprint density at radius 3 is 3.17 bits per heavy atom. The Kier molecular flexibility index (Phi) is 1.72. The Bertz CT molecular complexity index is 329. The van der Waals surface area contributed by atoms with Gasteiger partial charge in [-0.05, 0) is 28.4 Å². The average molecular weight is 231 g/mol. The van der Waals surface area contributed by atoms with Crippen LogP contribution < -0.4 is 0 Å². The van der Waals surface area contributed by atoms with Crippen molar-refractivity contribution >= 4 is 21.9 Å². The Morgan fingerprint density at radius 1 is 1.75 bits per heavy atom. The predicted octanol–water partition coefficient (Wildman–Crippen LogP) is 2.16. The van der Waals surface area contributed by atoms with E-state index in [1.807, 2.05) is 0 Å². The van der Waals surface area contributed by atoms with Crippen LogP contribution in [0.15, 0.2) is 15.2 Å². The lowest BCUT2D eigenvalue weighted by Crippen LogP contribution is -2.06. The summed E-state index contributed by atoms with van der Waals surface area (Å²) in [6.45, 7) is 0. The van der Waals surface area contributed by atoms with Crippen molar-refractivity contribution in [1.82, 2.24) is 0 Å². The molecule has 0 fully saturated rings. The fraction of sp³-hybridized carbons (Fsp3) is 0.375. The summed E-state index contributed by atoms with van der Waals surface area (Å²) in [4.78, 5) is 10.7. The van der Waals surface area contributed by atoms with Crippen LogP contribution in [0.3, 0.4) is 0 Å². The van der Waals surface area contributed by atoms with Gasteiger partial charge >= 0.3 is 5.97 Å². The summed E-state index contributed by atoms with van der Waals surface area (Å²) in [6.07, 6.45) is 1.40. The van der Waals surface area contributed by atoms with Crippen LogP contribution in [0.25, 0.3) is 0 Å². The third kappa shape index (κ3) is 1.06. The molecule has 0 aliphatic heterocycles. The van der Waals surface area contributed by atoms with Crippen molar-refractivity contribution in [2.45, 2.75) is 18.8 Å². The zero-order valence-electron chi connectivity index (χ0n) is 6.21. The number of fused-ring (bicyclic) bond motifs is 1. The van der Waals surface area contributed by atoms with Gasteiger partial charge in [0.1, 0.15) is 5.76 Å². The number of furan rings is 1. The zero-order chi connectivity index (χ0) is 8.72. The van der Waals surface area contributed by atoms with Crippen LogP contribution in [0.1, 0.15) is 23.7 Å². The van der Waals surface area contributed by atoms with Crippen molar-refractivity contribution in [3.8, 4) is 0 Å². The van der Waals surface area contributed by atoms with Crippen molar-refractivity contribution in [1.29, 1.82) is 0 Å². The third-order valence-corrected chi connectivity index (χ3v) is 2.54. The quantitative estimate of drug-likeness (QED) is 0.805. The van der Waals surface area contributed by atoms with Crippen molar-refractivity contribution in [3.05, 3.63) is 22.1 Å². The van der Waals surface area contributed by atoms with Crippen molar-refractivity contribution in [2.24, 2.45) is 0 Å². The van der Waals surface area contributed by atoms with E-state index in [9.17, 15) is 4.79 Å². The number of carboxylic acids is 1. The summed E-state index contributed by atoms with van der Waals surface area (Å²) >= 11 is 3.17. The summed E-state index contributed by atoms with van der Waals surface area (Å²) in [5.74, 6) is -0.314. The topological polar surface area (TPSA) is 50.4 Å². The lowest BCUT2D eigenvalue weighted by molar-refractivity contribution is -0.138. The minimum Gasteiger partial charge on any atom is -0.481 e. The Labute approximate surface area is 77.5 Å². The number of aryl methyl sites for hydroxylation is 1. The van der Waals surface area contributed by atoms with Crippen LogP contribution in [0.2, 0.25) is 0 Å². The van der Waals surface area contributed by atoms with E-state index in [2.05, 4.69) is 15.9 Å². The predicted molar refractivity (Wildman–Crippen MR) is 45.1 cm³/mol. The molecule has 1 atom stereocenters. The van der Waals surface area contributed by atoms with E-state index >= 15 is 0 Å². The number of halogens is 1. The van der Waals surface area contributed by atoms with Gasteiger partial charge in [0, 0.05) is 12.0 Å². The van der Waals surface area contributed by atoms with Gasteiger partial charge in [-0.3, -0.25) is 4.79 Å². The van der Waals surface area contributed by atoms with Crippen LogP contribution >= 0.6 is 15.9 Å². The monoisotopic (exact) mass is 230 g/mol. The van der Waals surface area contributed by atoms with Crippen LogP contribution in [0.5, 0.6) is 0 Å². The second kappa shape index (κ2) is 2.62. The van der Waals surface area contributed by atoms with E-state index in [0.717, 1.165) is 17.7 Å². The van der Waals surface area contributed by atoms with Crippen LogP contribution in [-0.4, -0.2) is 11.1 Å². The second-order valence-electron chi connectivity index (χ2n) is 2.86. The SMILES string of the molecule is O=C(O)C1CCc2oc(Br)cc21. The van der Waals surface area contributed by atoms with E-state index in [1.165, 1.54) is 0 Å². The molecule has 0 saturated carbocycles. The molecule has 0 radical (unpaired) electrons. The fourth-order valence-electron chi connectivity index (χ4n) is 1.59. The average Bonchev–Trinajstić information content (AvgIpc) is 2.43. The number of rotatable bonds is 1. The molecule has 1 aromatic heterocycles. The maximum absolute atomic E-state index is 10.7. The normalized spacial score (nSPS) is 20.9. The van der Waals surface area contributed by atoms with Gasteiger partial charge < -0.3 is 9.52 Å². The van der Waals surface area contributed by atoms with E-state index in [-0.39, 0.29) is 5.92 Å². The van der Waals surface area contributed by atoms with Crippen LogP contribution in [-0.2, 0) is 11.2 Å². The second-order valence-corrected chi connectivity index (χ2v) is 3.64. The largest absolute Gasteiger partial charge is 0.481 e. The van der Waals surface area contributed by atoms with Gasteiger partial charge in [0.25, 0.3) is 0 Å². The van der Waals surface area contributed by atoms with Gasteiger partial charge in [-0.1, -0.05) is 0 Å². The highest BCUT2D eigenvalue weighted by atomic mass is 79.9. The van der Waals surface area contributed by atoms with Gasteiger partial charge in [0.05, 0.1) is 5.92 Å². The third-order valence-electron chi connectivity index (χ3n) is 2.15. The molecule has 1 unspecified atom stereocenters. The van der Waals surface area contributed by atoms with Gasteiger partial charge in [0.2, 0.25) is 0 Å². The summed E-state index contributed by atoms with van der Waals surface area (Å²) in [6, 6.07) is 1.75. The van der Waals surface area contributed by atoms with Crippen LogP contribution in [0, 0.1) is 0 Å². The molecule has 0 spiro atoms. The Balaban J connectivity index is 2.41. The lowest BCUT2D eigenvalue weighted by Gasteiger charge is -1.99. The number of carbonyl (C=O) groups is 1. The van der Waals surface area contributed by atoms with E-state index in [4.69, 9.17) is 9.52 Å². The van der Waals surface area contributed by atoms with Crippen LogP contribution in [0.4, 0.5) is 0 Å². The molecule has 0 saturated heterocycles. The van der Waals surface area contributed by atoms with Gasteiger partial charge in [-0.15, -0.1) is 0 Å². The molecule has 64 valence electrons. The first-order valence-electron chi connectivity index (χ1n) is 3.69. The van der Waals surface area contributed by atoms with E-state index < -0.39 is 5.97 Å². The Hall–Kier alpha value is -0.770. The molecule has 1 heterocycles. The molecule has 1 aliphatic carbocycles. The molecule has 4 heteroatoms. The first-order valence-corrected chi connectivity index (χ1v) is 4.48. The van der Waals surface area contributed by atoms with Crippen molar-refractivity contribution in [2.75, 3.05) is 0 Å².